The molecule has 1 aromatic carbocycles. The van der Waals surface area contributed by atoms with Crippen molar-refractivity contribution in [2.75, 3.05) is 18.0 Å². The molecule has 2 atom stereocenters. The van der Waals surface area contributed by atoms with E-state index in [2.05, 4.69) is 55.3 Å². The fraction of sp³-hybridized carbons (Fsp3) is 0.533. The second-order valence-electron chi connectivity index (χ2n) is 5.20. The molecule has 1 aliphatic heterocycles. The standard InChI is InChI=1S/C15H21N3/c1-11-4-5-14(8-12(11)2)18-13(3)9-17-10-15(18)6-7-16/h4-5,8,13,15,17H,6,9-10H2,1-3H3. The molecule has 0 radical (unpaired) electrons. The van der Waals surface area contributed by atoms with Crippen LogP contribution in [-0.4, -0.2) is 25.2 Å². The lowest BCUT2D eigenvalue weighted by Gasteiger charge is -2.42. The zero-order valence-electron chi connectivity index (χ0n) is 11.4. The second-order valence-corrected chi connectivity index (χ2v) is 5.20. The minimum absolute atomic E-state index is 0.279. The minimum atomic E-state index is 0.279. The largest absolute Gasteiger partial charge is 0.362 e. The van der Waals surface area contributed by atoms with Crippen LogP contribution in [0, 0.1) is 25.2 Å². The summed E-state index contributed by atoms with van der Waals surface area (Å²) in [6.45, 7) is 8.36. The summed E-state index contributed by atoms with van der Waals surface area (Å²) in [6, 6.07) is 9.59. The highest BCUT2D eigenvalue weighted by atomic mass is 15.2. The Balaban J connectivity index is 2.31. The molecular weight excluding hydrogens is 222 g/mol. The van der Waals surface area contributed by atoms with Crippen LogP contribution in [-0.2, 0) is 0 Å². The van der Waals surface area contributed by atoms with E-state index in [0.29, 0.717) is 12.5 Å². The highest BCUT2D eigenvalue weighted by Gasteiger charge is 2.27. The van der Waals surface area contributed by atoms with Gasteiger partial charge in [-0.25, -0.2) is 0 Å². The van der Waals surface area contributed by atoms with Gasteiger partial charge in [-0.15, -0.1) is 0 Å². The molecule has 1 N–H and O–H groups in total. The summed E-state index contributed by atoms with van der Waals surface area (Å²) < 4.78 is 0. The molecule has 96 valence electrons. The van der Waals surface area contributed by atoms with Crippen LogP contribution in [0.2, 0.25) is 0 Å². The van der Waals surface area contributed by atoms with Gasteiger partial charge < -0.3 is 10.2 Å². The highest BCUT2D eigenvalue weighted by Crippen LogP contribution is 2.25. The smallest absolute Gasteiger partial charge is 0.0643 e. The van der Waals surface area contributed by atoms with E-state index in [1.807, 2.05) is 0 Å². The average molecular weight is 243 g/mol. The molecule has 2 unspecified atom stereocenters. The number of piperazine rings is 1. The van der Waals surface area contributed by atoms with Crippen molar-refractivity contribution >= 4 is 5.69 Å². The summed E-state index contributed by atoms with van der Waals surface area (Å²) in [7, 11) is 0. The van der Waals surface area contributed by atoms with Crippen LogP contribution in [0.25, 0.3) is 0 Å². The minimum Gasteiger partial charge on any atom is -0.362 e. The number of nitrogens with zero attached hydrogens (tertiary/aromatic N) is 2. The van der Waals surface area contributed by atoms with Crippen LogP contribution >= 0.6 is 0 Å². The summed E-state index contributed by atoms with van der Waals surface area (Å²) in [4.78, 5) is 2.40. The molecule has 1 saturated heterocycles. The Morgan fingerprint density at radius 3 is 2.78 bits per heavy atom. The van der Waals surface area contributed by atoms with Crippen molar-refractivity contribution in [3.05, 3.63) is 29.3 Å². The molecule has 3 nitrogen and oxygen atoms in total. The predicted molar refractivity (Wildman–Crippen MR) is 74.7 cm³/mol. The van der Waals surface area contributed by atoms with Crippen LogP contribution in [0.1, 0.15) is 24.5 Å². The highest BCUT2D eigenvalue weighted by molar-refractivity contribution is 5.53. The number of aryl methyl sites for hydroxylation is 2. The molecule has 0 amide bonds. The Morgan fingerprint density at radius 2 is 2.11 bits per heavy atom. The third kappa shape index (κ3) is 2.49. The van der Waals surface area contributed by atoms with E-state index < -0.39 is 0 Å². The third-order valence-electron chi connectivity index (χ3n) is 3.80. The van der Waals surface area contributed by atoms with Crippen LogP contribution in [0.4, 0.5) is 5.69 Å². The van der Waals surface area contributed by atoms with Gasteiger partial charge in [0.1, 0.15) is 0 Å². The van der Waals surface area contributed by atoms with Crippen molar-refractivity contribution in [3.63, 3.8) is 0 Å². The van der Waals surface area contributed by atoms with Crippen LogP contribution < -0.4 is 10.2 Å². The Labute approximate surface area is 109 Å². The van der Waals surface area contributed by atoms with E-state index in [4.69, 9.17) is 5.26 Å². The van der Waals surface area contributed by atoms with Gasteiger partial charge >= 0.3 is 0 Å². The Morgan fingerprint density at radius 1 is 1.33 bits per heavy atom. The van der Waals surface area contributed by atoms with E-state index in [-0.39, 0.29) is 6.04 Å². The first-order valence-electron chi connectivity index (χ1n) is 6.56. The van der Waals surface area contributed by atoms with Gasteiger partial charge in [0.15, 0.2) is 0 Å². The first-order valence-corrected chi connectivity index (χ1v) is 6.56. The number of nitriles is 1. The number of anilines is 1. The summed E-state index contributed by atoms with van der Waals surface area (Å²) in [5, 5.41) is 12.4. The van der Waals surface area contributed by atoms with Gasteiger partial charge in [0.05, 0.1) is 18.5 Å². The van der Waals surface area contributed by atoms with Gasteiger partial charge in [0.2, 0.25) is 0 Å². The van der Waals surface area contributed by atoms with Gasteiger partial charge in [-0.1, -0.05) is 6.07 Å². The van der Waals surface area contributed by atoms with Crippen molar-refractivity contribution in [3.8, 4) is 6.07 Å². The Hall–Kier alpha value is -1.53. The molecule has 0 aliphatic carbocycles. The van der Waals surface area contributed by atoms with Crippen LogP contribution in [0.3, 0.4) is 0 Å². The maximum Gasteiger partial charge on any atom is 0.0643 e. The first kappa shape index (κ1) is 12.9. The van der Waals surface area contributed by atoms with Crippen LogP contribution in [0.15, 0.2) is 18.2 Å². The van der Waals surface area contributed by atoms with Gasteiger partial charge in [-0.3, -0.25) is 0 Å². The molecular formula is C15H21N3. The van der Waals surface area contributed by atoms with Crippen molar-refractivity contribution in [1.29, 1.82) is 5.26 Å². The maximum absolute atomic E-state index is 8.96. The molecule has 1 aromatic rings. The van der Waals surface area contributed by atoms with Crippen molar-refractivity contribution in [2.45, 2.75) is 39.3 Å². The molecule has 1 aliphatic rings. The lowest BCUT2D eigenvalue weighted by atomic mass is 10.0. The fourth-order valence-electron chi connectivity index (χ4n) is 2.64. The number of nitrogens with one attached hydrogen (secondary N) is 1. The quantitative estimate of drug-likeness (QED) is 0.867. The third-order valence-corrected chi connectivity index (χ3v) is 3.80. The molecule has 1 fully saturated rings. The predicted octanol–water partition coefficient (Wildman–Crippen LogP) is 2.38. The van der Waals surface area contributed by atoms with E-state index in [1.54, 1.807) is 0 Å². The second kappa shape index (κ2) is 5.41. The molecule has 0 spiro atoms. The van der Waals surface area contributed by atoms with Crippen molar-refractivity contribution in [2.24, 2.45) is 0 Å². The SMILES string of the molecule is Cc1ccc(N2C(C)CNCC2CC#N)cc1C. The molecule has 3 heteroatoms. The average Bonchev–Trinajstić information content (AvgIpc) is 2.34. The normalized spacial score (nSPS) is 23.8. The summed E-state index contributed by atoms with van der Waals surface area (Å²) in [5.41, 5.74) is 3.87. The molecule has 0 bridgehead atoms. The molecule has 2 rings (SSSR count). The number of hydrogen-bond acceptors (Lipinski definition) is 3. The van der Waals surface area contributed by atoms with Gasteiger partial charge in [-0.05, 0) is 44.0 Å². The molecule has 1 heterocycles. The first-order chi connectivity index (χ1) is 8.63. The number of hydrogen-bond donors (Lipinski definition) is 1. The zero-order chi connectivity index (χ0) is 13.1. The summed E-state index contributed by atoms with van der Waals surface area (Å²) in [6.07, 6.45) is 0.574. The Bertz CT molecular complexity index is 461. The lowest BCUT2D eigenvalue weighted by Crippen LogP contribution is -2.56. The van der Waals surface area contributed by atoms with E-state index in [9.17, 15) is 0 Å². The van der Waals surface area contributed by atoms with E-state index in [1.165, 1.54) is 16.8 Å². The Kier molecular flexibility index (Phi) is 3.88. The molecule has 18 heavy (non-hydrogen) atoms. The molecule has 0 aromatic heterocycles. The van der Waals surface area contributed by atoms with Gasteiger partial charge in [0.25, 0.3) is 0 Å². The number of benzene rings is 1. The fourth-order valence-corrected chi connectivity index (χ4v) is 2.64. The summed E-state index contributed by atoms with van der Waals surface area (Å²) >= 11 is 0. The van der Waals surface area contributed by atoms with Crippen LogP contribution in [0.5, 0.6) is 0 Å². The van der Waals surface area contributed by atoms with Crippen molar-refractivity contribution in [1.82, 2.24) is 5.32 Å². The van der Waals surface area contributed by atoms with E-state index >= 15 is 0 Å². The maximum atomic E-state index is 8.96. The molecule has 0 saturated carbocycles. The lowest BCUT2D eigenvalue weighted by molar-refractivity contribution is 0.417. The number of rotatable bonds is 2. The summed E-state index contributed by atoms with van der Waals surface area (Å²) in [5.74, 6) is 0. The zero-order valence-corrected chi connectivity index (χ0v) is 11.4. The van der Waals surface area contributed by atoms with Crippen molar-refractivity contribution < 1.29 is 0 Å². The van der Waals surface area contributed by atoms with Gasteiger partial charge in [0, 0.05) is 24.8 Å². The van der Waals surface area contributed by atoms with Gasteiger partial charge in [-0.2, -0.15) is 5.26 Å². The van der Waals surface area contributed by atoms with E-state index in [0.717, 1.165) is 13.1 Å². The topological polar surface area (TPSA) is 39.1 Å². The monoisotopic (exact) mass is 243 g/mol.